The molecule has 22 heavy (non-hydrogen) atoms. The Balaban J connectivity index is 1.68. The quantitative estimate of drug-likeness (QED) is 0.749. The highest BCUT2D eigenvalue weighted by molar-refractivity contribution is 7.15. The second-order valence-electron chi connectivity index (χ2n) is 5.14. The molecule has 3 rings (SSSR count). The molecule has 0 aliphatic heterocycles. The Morgan fingerprint density at radius 1 is 1.36 bits per heavy atom. The lowest BCUT2D eigenvalue weighted by molar-refractivity contribution is 0.102. The summed E-state index contributed by atoms with van der Waals surface area (Å²) in [5.74, 6) is -0.202. The average Bonchev–Trinajstić information content (AvgIpc) is 3.12. The van der Waals surface area contributed by atoms with E-state index in [0.29, 0.717) is 10.7 Å². The maximum absolute atomic E-state index is 12.2. The van der Waals surface area contributed by atoms with E-state index in [4.69, 9.17) is 0 Å². The third-order valence-electron chi connectivity index (χ3n) is 3.14. The molecule has 1 aromatic carbocycles. The Morgan fingerprint density at radius 2 is 2.23 bits per heavy atom. The van der Waals surface area contributed by atoms with E-state index in [2.05, 4.69) is 30.4 Å². The van der Waals surface area contributed by atoms with Crippen LogP contribution in [0.15, 0.2) is 24.5 Å². The molecular weight excluding hydrogens is 300 g/mol. The highest BCUT2D eigenvalue weighted by atomic mass is 32.1. The fourth-order valence-electron chi connectivity index (χ4n) is 1.97. The number of carbonyl (C=O) groups excluding carboxylic acids is 1. The van der Waals surface area contributed by atoms with Crippen LogP contribution >= 0.6 is 11.3 Å². The highest BCUT2D eigenvalue weighted by Gasteiger charge is 2.11. The number of imidazole rings is 1. The van der Waals surface area contributed by atoms with Gasteiger partial charge in [-0.3, -0.25) is 10.1 Å². The molecule has 3 aromatic rings. The lowest BCUT2D eigenvalue weighted by Gasteiger charge is -2.05. The Hall–Kier alpha value is -2.32. The Labute approximate surface area is 131 Å². The minimum Gasteiger partial charge on any atom is -0.345 e. The van der Waals surface area contributed by atoms with Gasteiger partial charge in [0.2, 0.25) is 5.13 Å². The fraction of sp³-hybridized carbons (Fsp3) is 0.286. The smallest absolute Gasteiger partial charge is 0.257 e. The molecular formula is C14H16N6OS. The second-order valence-corrected chi connectivity index (χ2v) is 6.20. The predicted octanol–water partition coefficient (Wildman–Crippen LogP) is 1.77. The zero-order valence-electron chi connectivity index (χ0n) is 12.3. The first-order valence-electron chi connectivity index (χ1n) is 6.83. The van der Waals surface area contributed by atoms with E-state index in [1.807, 2.05) is 20.2 Å². The molecule has 8 heteroatoms. The van der Waals surface area contributed by atoms with Crippen LogP contribution in [0.1, 0.15) is 15.4 Å². The van der Waals surface area contributed by atoms with Crippen molar-refractivity contribution in [3.63, 3.8) is 0 Å². The van der Waals surface area contributed by atoms with Gasteiger partial charge < -0.3 is 9.88 Å². The number of carbonyl (C=O) groups is 1. The molecule has 2 aromatic heterocycles. The van der Waals surface area contributed by atoms with Crippen LogP contribution in [0, 0.1) is 0 Å². The number of aromatic amines is 1. The molecule has 0 aliphatic rings. The van der Waals surface area contributed by atoms with Crippen molar-refractivity contribution in [2.24, 2.45) is 0 Å². The molecule has 0 fully saturated rings. The summed E-state index contributed by atoms with van der Waals surface area (Å²) in [6.07, 6.45) is 2.43. The van der Waals surface area contributed by atoms with Crippen LogP contribution in [-0.4, -0.2) is 51.6 Å². The number of H-pyrrole nitrogens is 1. The summed E-state index contributed by atoms with van der Waals surface area (Å²) in [5.41, 5.74) is 2.22. The Morgan fingerprint density at radius 3 is 3.05 bits per heavy atom. The van der Waals surface area contributed by atoms with E-state index in [9.17, 15) is 4.79 Å². The van der Waals surface area contributed by atoms with Crippen LogP contribution in [0.3, 0.4) is 0 Å². The van der Waals surface area contributed by atoms with E-state index in [1.165, 1.54) is 11.3 Å². The van der Waals surface area contributed by atoms with Crippen molar-refractivity contribution in [3.8, 4) is 0 Å². The number of fused-ring (bicyclic) bond motifs is 1. The zero-order valence-corrected chi connectivity index (χ0v) is 13.1. The van der Waals surface area contributed by atoms with Crippen molar-refractivity contribution in [1.82, 2.24) is 25.1 Å². The van der Waals surface area contributed by atoms with E-state index in [1.54, 1.807) is 18.5 Å². The summed E-state index contributed by atoms with van der Waals surface area (Å²) in [6, 6.07) is 5.32. The summed E-state index contributed by atoms with van der Waals surface area (Å²) >= 11 is 1.40. The van der Waals surface area contributed by atoms with Gasteiger partial charge in [-0.05, 0) is 32.3 Å². The lowest BCUT2D eigenvalue weighted by atomic mass is 10.2. The first-order valence-corrected chi connectivity index (χ1v) is 7.65. The van der Waals surface area contributed by atoms with Gasteiger partial charge in [0.15, 0.2) is 0 Å². The number of rotatable bonds is 5. The monoisotopic (exact) mass is 316 g/mol. The number of nitrogens with one attached hydrogen (secondary N) is 2. The molecule has 2 N–H and O–H groups in total. The number of nitrogens with zero attached hydrogens (tertiary/aromatic N) is 4. The number of benzene rings is 1. The maximum Gasteiger partial charge on any atom is 0.257 e. The molecule has 2 heterocycles. The predicted molar refractivity (Wildman–Crippen MR) is 86.2 cm³/mol. The van der Waals surface area contributed by atoms with E-state index >= 15 is 0 Å². The standard InChI is InChI=1S/C14H16N6OS/c1-20(2)6-5-12-18-19-14(22-12)17-13(21)9-3-4-10-11(7-9)16-8-15-10/h3-4,7-8H,5-6H2,1-2H3,(H,15,16)(H,17,19,21). The largest absolute Gasteiger partial charge is 0.345 e. The molecule has 7 nitrogen and oxygen atoms in total. The average molecular weight is 316 g/mol. The van der Waals surface area contributed by atoms with Gasteiger partial charge in [-0.15, -0.1) is 10.2 Å². The number of likely N-dealkylation sites (N-methyl/N-ethyl adjacent to an activating group) is 1. The van der Waals surface area contributed by atoms with Crippen molar-refractivity contribution < 1.29 is 4.79 Å². The molecule has 0 spiro atoms. The van der Waals surface area contributed by atoms with Crippen molar-refractivity contribution >= 4 is 33.4 Å². The van der Waals surface area contributed by atoms with Gasteiger partial charge in [0.25, 0.3) is 5.91 Å². The number of anilines is 1. The number of aromatic nitrogens is 4. The molecule has 0 aliphatic carbocycles. The maximum atomic E-state index is 12.2. The molecule has 0 unspecified atom stereocenters. The van der Waals surface area contributed by atoms with Crippen LogP contribution in [-0.2, 0) is 6.42 Å². The van der Waals surface area contributed by atoms with Crippen LogP contribution in [0.2, 0.25) is 0 Å². The lowest BCUT2D eigenvalue weighted by Crippen LogP contribution is -2.14. The molecule has 0 radical (unpaired) electrons. The van der Waals surface area contributed by atoms with Gasteiger partial charge in [-0.1, -0.05) is 11.3 Å². The topological polar surface area (TPSA) is 86.8 Å². The molecule has 0 atom stereocenters. The van der Waals surface area contributed by atoms with Gasteiger partial charge in [0.05, 0.1) is 17.4 Å². The van der Waals surface area contributed by atoms with E-state index in [0.717, 1.165) is 29.0 Å². The Kier molecular flexibility index (Phi) is 4.12. The highest BCUT2D eigenvalue weighted by Crippen LogP contribution is 2.18. The zero-order chi connectivity index (χ0) is 15.5. The second kappa shape index (κ2) is 6.20. The van der Waals surface area contributed by atoms with Crippen molar-refractivity contribution in [2.75, 3.05) is 26.0 Å². The van der Waals surface area contributed by atoms with E-state index in [-0.39, 0.29) is 5.91 Å². The van der Waals surface area contributed by atoms with Crippen LogP contribution in [0.25, 0.3) is 11.0 Å². The first kappa shape index (κ1) is 14.6. The third-order valence-corrected chi connectivity index (χ3v) is 4.04. The molecule has 114 valence electrons. The molecule has 1 amide bonds. The van der Waals surface area contributed by atoms with Crippen LogP contribution < -0.4 is 5.32 Å². The van der Waals surface area contributed by atoms with Crippen molar-refractivity contribution in [1.29, 1.82) is 0 Å². The number of hydrogen-bond acceptors (Lipinski definition) is 6. The number of hydrogen-bond donors (Lipinski definition) is 2. The van der Waals surface area contributed by atoms with Gasteiger partial charge >= 0.3 is 0 Å². The molecule has 0 saturated heterocycles. The van der Waals surface area contributed by atoms with Crippen molar-refractivity contribution in [3.05, 3.63) is 35.1 Å². The summed E-state index contributed by atoms with van der Waals surface area (Å²) < 4.78 is 0. The summed E-state index contributed by atoms with van der Waals surface area (Å²) in [4.78, 5) is 21.4. The van der Waals surface area contributed by atoms with Gasteiger partial charge in [0, 0.05) is 18.5 Å². The van der Waals surface area contributed by atoms with Crippen LogP contribution in [0.4, 0.5) is 5.13 Å². The summed E-state index contributed by atoms with van der Waals surface area (Å²) in [5, 5.41) is 12.3. The van der Waals surface area contributed by atoms with Gasteiger partial charge in [0.1, 0.15) is 5.01 Å². The van der Waals surface area contributed by atoms with Gasteiger partial charge in [-0.2, -0.15) is 0 Å². The normalized spacial score (nSPS) is 11.2. The van der Waals surface area contributed by atoms with Crippen molar-refractivity contribution in [2.45, 2.75) is 6.42 Å². The molecule has 0 bridgehead atoms. The first-order chi connectivity index (χ1) is 10.6. The third kappa shape index (κ3) is 3.29. The molecule has 0 saturated carbocycles. The van der Waals surface area contributed by atoms with Gasteiger partial charge in [-0.25, -0.2) is 4.98 Å². The fourth-order valence-corrected chi connectivity index (χ4v) is 2.69. The summed E-state index contributed by atoms with van der Waals surface area (Å²) in [6.45, 7) is 0.902. The van der Waals surface area contributed by atoms with Crippen LogP contribution in [0.5, 0.6) is 0 Å². The minimum absolute atomic E-state index is 0.202. The number of amides is 1. The van der Waals surface area contributed by atoms with E-state index < -0.39 is 0 Å². The Bertz CT molecular complexity index is 793. The minimum atomic E-state index is -0.202. The summed E-state index contributed by atoms with van der Waals surface area (Å²) in [7, 11) is 4.02. The SMILES string of the molecule is CN(C)CCc1nnc(NC(=O)c2ccc3nc[nH]c3c2)s1.